The zero-order chi connectivity index (χ0) is 13.0. The number of halogens is 1. The van der Waals surface area contributed by atoms with E-state index in [0.29, 0.717) is 5.02 Å². The molecule has 1 aliphatic heterocycles. The van der Waals surface area contributed by atoms with Crippen molar-refractivity contribution in [2.45, 2.75) is 25.4 Å². The minimum Gasteiger partial charge on any atom is -0.348 e. The largest absolute Gasteiger partial charge is 0.348 e. The molecule has 0 spiro atoms. The molecule has 1 aromatic carbocycles. The second-order valence-corrected chi connectivity index (χ2v) is 5.76. The quantitative estimate of drug-likeness (QED) is 0.893. The standard InChI is InChI=1S/C13H17ClN2OS/c1-2-11(9-3-5-10(14)6-4-9)16-13(17)12-7-18-8-15-12/h3-6,11-12,15H,2,7-8H2,1H3,(H,16,17). The lowest BCUT2D eigenvalue weighted by Gasteiger charge is -2.20. The van der Waals surface area contributed by atoms with E-state index in [1.165, 1.54) is 0 Å². The van der Waals surface area contributed by atoms with Crippen molar-refractivity contribution in [3.63, 3.8) is 0 Å². The molecule has 2 N–H and O–H groups in total. The highest BCUT2D eigenvalue weighted by Gasteiger charge is 2.24. The Hall–Kier alpha value is -0.710. The maximum absolute atomic E-state index is 12.0. The molecule has 0 saturated carbocycles. The molecule has 5 heteroatoms. The Morgan fingerprint density at radius 1 is 1.56 bits per heavy atom. The summed E-state index contributed by atoms with van der Waals surface area (Å²) < 4.78 is 0. The lowest BCUT2D eigenvalue weighted by molar-refractivity contribution is -0.123. The van der Waals surface area contributed by atoms with E-state index in [2.05, 4.69) is 17.6 Å². The Morgan fingerprint density at radius 3 is 2.83 bits per heavy atom. The molecule has 1 amide bonds. The Labute approximate surface area is 117 Å². The van der Waals surface area contributed by atoms with Gasteiger partial charge in [-0.3, -0.25) is 10.1 Å². The molecule has 2 rings (SSSR count). The molecule has 18 heavy (non-hydrogen) atoms. The Bertz CT molecular complexity index is 404. The van der Waals surface area contributed by atoms with Gasteiger partial charge in [0, 0.05) is 16.7 Å². The van der Waals surface area contributed by atoms with Crippen molar-refractivity contribution in [1.82, 2.24) is 10.6 Å². The second kappa shape index (κ2) is 6.45. The van der Waals surface area contributed by atoms with Crippen molar-refractivity contribution >= 4 is 29.3 Å². The van der Waals surface area contributed by atoms with Crippen LogP contribution in [0.2, 0.25) is 5.02 Å². The number of carbonyl (C=O) groups excluding carboxylic acids is 1. The average molecular weight is 285 g/mol. The number of rotatable bonds is 4. The molecule has 98 valence electrons. The molecule has 0 radical (unpaired) electrons. The van der Waals surface area contributed by atoms with Crippen LogP contribution in [0, 0.1) is 0 Å². The normalized spacial score (nSPS) is 20.7. The smallest absolute Gasteiger partial charge is 0.238 e. The summed E-state index contributed by atoms with van der Waals surface area (Å²) in [6, 6.07) is 7.64. The number of amides is 1. The summed E-state index contributed by atoms with van der Waals surface area (Å²) in [4.78, 5) is 12.0. The second-order valence-electron chi connectivity index (χ2n) is 4.29. The van der Waals surface area contributed by atoms with Gasteiger partial charge in [-0.1, -0.05) is 30.7 Å². The van der Waals surface area contributed by atoms with E-state index in [-0.39, 0.29) is 18.0 Å². The highest BCUT2D eigenvalue weighted by Crippen LogP contribution is 2.20. The van der Waals surface area contributed by atoms with E-state index >= 15 is 0 Å². The molecular weight excluding hydrogens is 268 g/mol. The molecule has 2 unspecified atom stereocenters. The fraction of sp³-hybridized carbons (Fsp3) is 0.462. The average Bonchev–Trinajstić information content (AvgIpc) is 2.91. The van der Waals surface area contributed by atoms with E-state index in [9.17, 15) is 4.79 Å². The van der Waals surface area contributed by atoms with E-state index in [4.69, 9.17) is 11.6 Å². The van der Waals surface area contributed by atoms with Gasteiger partial charge in [-0.15, -0.1) is 11.8 Å². The van der Waals surface area contributed by atoms with Gasteiger partial charge in [-0.05, 0) is 24.1 Å². The van der Waals surface area contributed by atoms with Crippen LogP contribution in [0.5, 0.6) is 0 Å². The lowest BCUT2D eigenvalue weighted by atomic mass is 10.0. The molecule has 1 fully saturated rings. The first kappa shape index (κ1) is 13.7. The van der Waals surface area contributed by atoms with Gasteiger partial charge < -0.3 is 5.32 Å². The number of benzene rings is 1. The van der Waals surface area contributed by atoms with E-state index < -0.39 is 0 Å². The van der Waals surface area contributed by atoms with Gasteiger partial charge in [-0.2, -0.15) is 0 Å². The van der Waals surface area contributed by atoms with Gasteiger partial charge in [0.1, 0.15) is 0 Å². The summed E-state index contributed by atoms with van der Waals surface area (Å²) in [6.07, 6.45) is 0.868. The number of hydrogen-bond donors (Lipinski definition) is 2. The van der Waals surface area contributed by atoms with Crippen molar-refractivity contribution in [3.8, 4) is 0 Å². The van der Waals surface area contributed by atoms with E-state index in [0.717, 1.165) is 23.6 Å². The van der Waals surface area contributed by atoms with Crippen LogP contribution in [0.1, 0.15) is 24.9 Å². The first-order chi connectivity index (χ1) is 8.70. The summed E-state index contributed by atoms with van der Waals surface area (Å²) in [6.45, 7) is 2.07. The predicted octanol–water partition coefficient (Wildman–Crippen LogP) is 2.57. The van der Waals surface area contributed by atoms with Gasteiger partial charge in [0.25, 0.3) is 0 Å². The van der Waals surface area contributed by atoms with Crippen LogP contribution in [0.15, 0.2) is 24.3 Å². The molecule has 0 aliphatic carbocycles. The van der Waals surface area contributed by atoms with Gasteiger partial charge in [0.05, 0.1) is 12.1 Å². The lowest BCUT2D eigenvalue weighted by Crippen LogP contribution is -2.43. The molecule has 3 nitrogen and oxygen atoms in total. The number of nitrogens with one attached hydrogen (secondary N) is 2. The highest BCUT2D eigenvalue weighted by molar-refractivity contribution is 7.99. The van der Waals surface area contributed by atoms with Gasteiger partial charge in [0.15, 0.2) is 0 Å². The molecule has 1 aliphatic rings. The molecule has 2 atom stereocenters. The Morgan fingerprint density at radius 2 is 2.28 bits per heavy atom. The number of carbonyl (C=O) groups is 1. The summed E-state index contributed by atoms with van der Waals surface area (Å²) in [5, 5.41) is 6.98. The molecule has 0 aromatic heterocycles. The maximum Gasteiger partial charge on any atom is 0.238 e. The van der Waals surface area contributed by atoms with Gasteiger partial charge in [0.2, 0.25) is 5.91 Å². The van der Waals surface area contributed by atoms with Crippen molar-refractivity contribution in [2.24, 2.45) is 0 Å². The van der Waals surface area contributed by atoms with Crippen molar-refractivity contribution in [3.05, 3.63) is 34.9 Å². The Kier molecular flexibility index (Phi) is 4.92. The van der Waals surface area contributed by atoms with E-state index in [1.807, 2.05) is 24.3 Å². The summed E-state index contributed by atoms with van der Waals surface area (Å²) in [5.41, 5.74) is 1.10. The fourth-order valence-corrected chi connectivity index (χ4v) is 3.02. The van der Waals surface area contributed by atoms with Crippen molar-refractivity contribution < 1.29 is 4.79 Å². The van der Waals surface area contributed by atoms with Crippen LogP contribution in [-0.4, -0.2) is 23.6 Å². The van der Waals surface area contributed by atoms with Crippen molar-refractivity contribution in [1.29, 1.82) is 0 Å². The minimum absolute atomic E-state index is 0.0576. The molecule has 0 bridgehead atoms. The topological polar surface area (TPSA) is 41.1 Å². The first-order valence-corrected chi connectivity index (χ1v) is 7.61. The SMILES string of the molecule is CCC(NC(=O)C1CSCN1)c1ccc(Cl)cc1. The maximum atomic E-state index is 12.0. The number of thioether (sulfide) groups is 1. The predicted molar refractivity (Wildman–Crippen MR) is 76.9 cm³/mol. The highest BCUT2D eigenvalue weighted by atomic mass is 35.5. The van der Waals surface area contributed by atoms with Crippen LogP contribution in [0.4, 0.5) is 0 Å². The van der Waals surface area contributed by atoms with Crippen LogP contribution < -0.4 is 10.6 Å². The molecular formula is C13H17ClN2OS. The summed E-state index contributed by atoms with van der Waals surface area (Å²) in [7, 11) is 0. The number of hydrogen-bond acceptors (Lipinski definition) is 3. The first-order valence-electron chi connectivity index (χ1n) is 6.07. The molecule has 1 saturated heterocycles. The van der Waals surface area contributed by atoms with Crippen molar-refractivity contribution in [2.75, 3.05) is 11.6 Å². The van der Waals surface area contributed by atoms with E-state index in [1.54, 1.807) is 11.8 Å². The minimum atomic E-state index is -0.0589. The summed E-state index contributed by atoms with van der Waals surface area (Å²) in [5.74, 6) is 1.79. The molecule has 1 heterocycles. The van der Waals surface area contributed by atoms with Gasteiger partial charge in [-0.25, -0.2) is 0 Å². The van der Waals surface area contributed by atoms with Gasteiger partial charge >= 0.3 is 0 Å². The third-order valence-corrected chi connectivity index (χ3v) is 4.22. The third kappa shape index (κ3) is 3.40. The summed E-state index contributed by atoms with van der Waals surface area (Å²) >= 11 is 7.62. The van der Waals surface area contributed by atoms with Crippen LogP contribution in [-0.2, 0) is 4.79 Å². The fourth-order valence-electron chi connectivity index (χ4n) is 1.95. The monoisotopic (exact) mass is 284 g/mol. The zero-order valence-electron chi connectivity index (χ0n) is 10.3. The third-order valence-electron chi connectivity index (χ3n) is 3.03. The molecule has 1 aromatic rings. The van der Waals surface area contributed by atoms with Crippen LogP contribution in [0.3, 0.4) is 0 Å². The van der Waals surface area contributed by atoms with Crippen LogP contribution >= 0.6 is 23.4 Å². The van der Waals surface area contributed by atoms with Crippen LogP contribution in [0.25, 0.3) is 0 Å². The Balaban J connectivity index is 2.00. The zero-order valence-corrected chi connectivity index (χ0v) is 11.9.